The van der Waals surface area contributed by atoms with Crippen LogP contribution in [0, 0.1) is 11.7 Å². The Labute approximate surface area is 125 Å². The van der Waals surface area contributed by atoms with Crippen LogP contribution in [0.25, 0.3) is 0 Å². The molecule has 1 aromatic carbocycles. The molecule has 2 rings (SSSR count). The Bertz CT molecular complexity index is 487. The Balaban J connectivity index is 1.90. The van der Waals surface area contributed by atoms with Gasteiger partial charge in [0.05, 0.1) is 7.11 Å². The van der Waals surface area contributed by atoms with Crippen LogP contribution in [0.4, 0.5) is 4.39 Å². The van der Waals surface area contributed by atoms with Crippen LogP contribution in [-0.2, 0) is 0 Å². The van der Waals surface area contributed by atoms with E-state index in [0.717, 1.165) is 19.5 Å². The summed E-state index contributed by atoms with van der Waals surface area (Å²) in [5, 5.41) is 3.33. The number of methoxy groups -OCH3 is 1. The van der Waals surface area contributed by atoms with Gasteiger partial charge in [0, 0.05) is 19.2 Å². The maximum absolute atomic E-state index is 13.6. The third-order valence-electron chi connectivity index (χ3n) is 4.08. The van der Waals surface area contributed by atoms with Gasteiger partial charge >= 0.3 is 0 Å². The summed E-state index contributed by atoms with van der Waals surface area (Å²) < 4.78 is 18.5. The molecule has 5 heteroatoms. The number of amides is 1. The molecule has 4 nitrogen and oxygen atoms in total. The number of halogens is 1. The average Bonchev–Trinajstić information content (AvgIpc) is 2.52. The molecule has 0 radical (unpaired) electrons. The molecule has 0 saturated carbocycles. The normalized spacial score (nSPS) is 15.8. The van der Waals surface area contributed by atoms with Crippen LogP contribution in [0.1, 0.15) is 29.6 Å². The lowest BCUT2D eigenvalue weighted by Gasteiger charge is -2.25. The van der Waals surface area contributed by atoms with Gasteiger partial charge in [-0.25, -0.2) is 4.39 Å². The number of piperidine rings is 1. The second-order valence-corrected chi connectivity index (χ2v) is 5.56. The van der Waals surface area contributed by atoms with Crippen LogP contribution in [0.15, 0.2) is 18.2 Å². The first kappa shape index (κ1) is 15.8. The molecule has 1 aliphatic rings. The van der Waals surface area contributed by atoms with E-state index in [9.17, 15) is 9.18 Å². The van der Waals surface area contributed by atoms with E-state index < -0.39 is 5.82 Å². The zero-order valence-electron chi connectivity index (χ0n) is 12.7. The third kappa shape index (κ3) is 4.17. The van der Waals surface area contributed by atoms with Crippen molar-refractivity contribution in [2.75, 3.05) is 33.8 Å². The minimum Gasteiger partial charge on any atom is -0.494 e. The van der Waals surface area contributed by atoms with E-state index >= 15 is 0 Å². The average molecular weight is 294 g/mol. The van der Waals surface area contributed by atoms with E-state index in [1.807, 2.05) is 0 Å². The zero-order valence-corrected chi connectivity index (χ0v) is 12.7. The van der Waals surface area contributed by atoms with Gasteiger partial charge in [0.2, 0.25) is 0 Å². The Hall–Kier alpha value is -1.62. The Kier molecular flexibility index (Phi) is 5.56. The molecule has 0 unspecified atom stereocenters. The van der Waals surface area contributed by atoms with Gasteiger partial charge in [-0.15, -0.1) is 0 Å². The minimum absolute atomic E-state index is 0.148. The first-order valence-corrected chi connectivity index (χ1v) is 7.41. The van der Waals surface area contributed by atoms with Crippen LogP contribution in [-0.4, -0.2) is 44.6 Å². The van der Waals surface area contributed by atoms with E-state index in [0.29, 0.717) is 18.0 Å². The Morgan fingerprint density at radius 3 is 2.76 bits per heavy atom. The Morgan fingerprint density at radius 2 is 2.14 bits per heavy atom. The summed E-state index contributed by atoms with van der Waals surface area (Å²) in [5.41, 5.74) is 0.362. The molecule has 1 amide bonds. The molecule has 1 saturated heterocycles. The van der Waals surface area contributed by atoms with Crippen molar-refractivity contribution in [3.8, 4) is 5.75 Å². The van der Waals surface area contributed by atoms with Gasteiger partial charge in [0.15, 0.2) is 11.6 Å². The fourth-order valence-electron chi connectivity index (χ4n) is 2.67. The van der Waals surface area contributed by atoms with Crippen molar-refractivity contribution in [1.82, 2.24) is 10.2 Å². The maximum atomic E-state index is 13.6. The maximum Gasteiger partial charge on any atom is 0.253 e. The highest BCUT2D eigenvalue weighted by Crippen LogP contribution is 2.20. The number of nitrogens with zero attached hydrogens (tertiary/aromatic N) is 1. The molecule has 116 valence electrons. The molecule has 21 heavy (non-hydrogen) atoms. The Morgan fingerprint density at radius 1 is 1.43 bits per heavy atom. The van der Waals surface area contributed by atoms with Gasteiger partial charge in [-0.2, -0.15) is 0 Å². The number of rotatable bonds is 5. The highest BCUT2D eigenvalue weighted by atomic mass is 19.1. The first-order valence-electron chi connectivity index (χ1n) is 7.41. The molecule has 0 aromatic heterocycles. The van der Waals surface area contributed by atoms with Gasteiger partial charge in [0.1, 0.15) is 0 Å². The molecule has 0 bridgehead atoms. The summed E-state index contributed by atoms with van der Waals surface area (Å²) in [6.07, 6.45) is 3.33. The number of benzene rings is 1. The van der Waals surface area contributed by atoms with Crippen molar-refractivity contribution in [1.29, 1.82) is 0 Å². The van der Waals surface area contributed by atoms with E-state index in [-0.39, 0.29) is 11.7 Å². The molecular weight excluding hydrogens is 271 g/mol. The smallest absolute Gasteiger partial charge is 0.253 e. The summed E-state index contributed by atoms with van der Waals surface area (Å²) >= 11 is 0. The lowest BCUT2D eigenvalue weighted by atomic mass is 9.94. The lowest BCUT2D eigenvalue weighted by Crippen LogP contribution is -2.32. The fourth-order valence-corrected chi connectivity index (χ4v) is 2.67. The number of carbonyl (C=O) groups is 1. The molecule has 0 atom stereocenters. The monoisotopic (exact) mass is 294 g/mol. The van der Waals surface area contributed by atoms with E-state index in [1.165, 1.54) is 32.1 Å². The van der Waals surface area contributed by atoms with E-state index in [1.54, 1.807) is 18.0 Å². The molecule has 1 aromatic rings. The predicted molar refractivity (Wildman–Crippen MR) is 80.1 cm³/mol. The third-order valence-corrected chi connectivity index (χ3v) is 4.08. The van der Waals surface area contributed by atoms with Crippen molar-refractivity contribution in [2.24, 2.45) is 5.92 Å². The molecular formula is C16H23FN2O2. The predicted octanol–water partition coefficient (Wildman–Crippen LogP) is 2.30. The number of ether oxygens (including phenoxy) is 1. The van der Waals surface area contributed by atoms with Gasteiger partial charge in [-0.1, -0.05) is 0 Å². The summed E-state index contributed by atoms with van der Waals surface area (Å²) in [7, 11) is 3.18. The number of carbonyl (C=O) groups excluding carboxylic acids is 1. The van der Waals surface area contributed by atoms with Crippen LogP contribution in [0.2, 0.25) is 0 Å². The van der Waals surface area contributed by atoms with Crippen molar-refractivity contribution < 1.29 is 13.9 Å². The lowest BCUT2D eigenvalue weighted by molar-refractivity contribution is 0.0784. The van der Waals surface area contributed by atoms with Crippen LogP contribution in [0.5, 0.6) is 5.75 Å². The van der Waals surface area contributed by atoms with E-state index in [2.05, 4.69) is 5.32 Å². The van der Waals surface area contributed by atoms with E-state index in [4.69, 9.17) is 4.74 Å². The summed E-state index contributed by atoms with van der Waals surface area (Å²) in [5.74, 6) is 0.179. The zero-order chi connectivity index (χ0) is 15.2. The molecule has 0 spiro atoms. The van der Waals surface area contributed by atoms with Crippen LogP contribution in [0.3, 0.4) is 0 Å². The molecule has 1 fully saturated rings. The fraction of sp³-hybridized carbons (Fsp3) is 0.562. The summed E-state index contributed by atoms with van der Waals surface area (Å²) in [6, 6.07) is 4.33. The van der Waals surface area contributed by atoms with Crippen LogP contribution >= 0.6 is 0 Å². The van der Waals surface area contributed by atoms with Gasteiger partial charge in [-0.3, -0.25) is 4.79 Å². The molecule has 1 heterocycles. The molecule has 1 N–H and O–H groups in total. The van der Waals surface area contributed by atoms with Crippen molar-refractivity contribution in [3.05, 3.63) is 29.6 Å². The van der Waals surface area contributed by atoms with Crippen molar-refractivity contribution in [2.45, 2.75) is 19.3 Å². The quantitative estimate of drug-likeness (QED) is 0.906. The molecule has 0 aliphatic carbocycles. The largest absolute Gasteiger partial charge is 0.494 e. The SMILES string of the molecule is COc1ccc(C(=O)N(C)CCC2CCNCC2)cc1F. The van der Waals surface area contributed by atoms with Crippen LogP contribution < -0.4 is 10.1 Å². The topological polar surface area (TPSA) is 41.6 Å². The highest BCUT2D eigenvalue weighted by molar-refractivity contribution is 5.94. The van der Waals surface area contributed by atoms with Crippen molar-refractivity contribution >= 4 is 5.91 Å². The second-order valence-electron chi connectivity index (χ2n) is 5.56. The number of hydrogen-bond donors (Lipinski definition) is 1. The first-order chi connectivity index (χ1) is 10.1. The summed E-state index contributed by atoms with van der Waals surface area (Å²) in [6.45, 7) is 2.83. The molecule has 1 aliphatic heterocycles. The van der Waals surface area contributed by atoms with Gasteiger partial charge < -0.3 is 15.0 Å². The highest BCUT2D eigenvalue weighted by Gasteiger charge is 2.17. The van der Waals surface area contributed by atoms with Gasteiger partial charge in [0.25, 0.3) is 5.91 Å². The minimum atomic E-state index is -0.505. The van der Waals surface area contributed by atoms with Crippen molar-refractivity contribution in [3.63, 3.8) is 0 Å². The number of hydrogen-bond acceptors (Lipinski definition) is 3. The summed E-state index contributed by atoms with van der Waals surface area (Å²) in [4.78, 5) is 13.9. The standard InChI is InChI=1S/C16H23FN2O2/c1-19(10-7-12-5-8-18-9-6-12)16(20)13-3-4-15(21-2)14(17)11-13/h3-4,11-12,18H,5-10H2,1-2H3. The number of nitrogens with one attached hydrogen (secondary N) is 1. The van der Waals surface area contributed by atoms with Gasteiger partial charge in [-0.05, 0) is 56.5 Å². The second kappa shape index (κ2) is 7.41.